The second-order valence-corrected chi connectivity index (χ2v) is 4.63. The van der Waals surface area contributed by atoms with Crippen LogP contribution in [0.1, 0.15) is 12.0 Å². The van der Waals surface area contributed by atoms with E-state index in [-0.39, 0.29) is 6.61 Å². The van der Waals surface area contributed by atoms with Crippen molar-refractivity contribution in [3.63, 3.8) is 0 Å². The fraction of sp³-hybridized carbons (Fsp3) is 0.444. The normalized spacial score (nSPS) is 11.5. The van der Waals surface area contributed by atoms with Crippen LogP contribution in [0.3, 0.4) is 0 Å². The summed E-state index contributed by atoms with van der Waals surface area (Å²) in [7, 11) is -3.29. The molecule has 0 saturated heterocycles. The predicted octanol–water partition coefficient (Wildman–Crippen LogP) is 0.990. The summed E-state index contributed by atoms with van der Waals surface area (Å²) in [5.41, 5.74) is 1.14. The standard InChI is InChI=1S/C9H13NO3S/c1-14(11,12)13-8-2-3-9-4-6-10-7-5-9/h4-7H,2-3,8H2,1H3. The molecule has 0 aromatic carbocycles. The monoisotopic (exact) mass is 215 g/mol. The highest BCUT2D eigenvalue weighted by Crippen LogP contribution is 2.01. The first-order valence-electron chi connectivity index (χ1n) is 4.31. The minimum absolute atomic E-state index is 0.237. The average molecular weight is 215 g/mol. The lowest BCUT2D eigenvalue weighted by molar-refractivity contribution is 0.316. The zero-order valence-electron chi connectivity index (χ0n) is 8.01. The highest BCUT2D eigenvalue weighted by molar-refractivity contribution is 7.85. The molecule has 0 radical (unpaired) electrons. The Morgan fingerprint density at radius 3 is 2.57 bits per heavy atom. The van der Waals surface area contributed by atoms with Crippen molar-refractivity contribution < 1.29 is 12.6 Å². The maximum atomic E-state index is 10.6. The van der Waals surface area contributed by atoms with Crippen molar-refractivity contribution in [2.24, 2.45) is 0 Å². The van der Waals surface area contributed by atoms with Crippen molar-refractivity contribution in [2.45, 2.75) is 12.8 Å². The molecular weight excluding hydrogens is 202 g/mol. The van der Waals surface area contributed by atoms with Crippen LogP contribution in [0.25, 0.3) is 0 Å². The lowest BCUT2D eigenvalue weighted by atomic mass is 10.1. The lowest BCUT2D eigenvalue weighted by Crippen LogP contribution is -2.04. The van der Waals surface area contributed by atoms with Gasteiger partial charge in [0.05, 0.1) is 12.9 Å². The number of rotatable bonds is 5. The molecular formula is C9H13NO3S. The van der Waals surface area contributed by atoms with Crippen molar-refractivity contribution >= 4 is 10.1 Å². The minimum atomic E-state index is -3.29. The van der Waals surface area contributed by atoms with E-state index in [0.717, 1.165) is 18.2 Å². The summed E-state index contributed by atoms with van der Waals surface area (Å²) in [6, 6.07) is 3.81. The number of hydrogen-bond acceptors (Lipinski definition) is 4. The molecule has 1 heterocycles. The molecule has 14 heavy (non-hydrogen) atoms. The number of aromatic nitrogens is 1. The molecule has 1 aromatic heterocycles. The fourth-order valence-corrected chi connectivity index (χ4v) is 1.46. The molecule has 0 fully saturated rings. The Hall–Kier alpha value is -0.940. The molecule has 0 amide bonds. The van der Waals surface area contributed by atoms with Gasteiger partial charge in [0.15, 0.2) is 0 Å². The van der Waals surface area contributed by atoms with Crippen molar-refractivity contribution in [3.05, 3.63) is 30.1 Å². The Morgan fingerprint density at radius 2 is 2.00 bits per heavy atom. The smallest absolute Gasteiger partial charge is 0.264 e. The van der Waals surface area contributed by atoms with Gasteiger partial charge in [-0.05, 0) is 30.5 Å². The van der Waals surface area contributed by atoms with Gasteiger partial charge in [-0.25, -0.2) is 0 Å². The molecule has 1 aromatic rings. The van der Waals surface area contributed by atoms with Crippen LogP contribution in [0.15, 0.2) is 24.5 Å². The van der Waals surface area contributed by atoms with E-state index in [0.29, 0.717) is 6.42 Å². The van der Waals surface area contributed by atoms with Gasteiger partial charge < -0.3 is 0 Å². The molecule has 1 rings (SSSR count). The largest absolute Gasteiger partial charge is 0.270 e. The van der Waals surface area contributed by atoms with Crippen molar-refractivity contribution in [2.75, 3.05) is 12.9 Å². The van der Waals surface area contributed by atoms with Gasteiger partial charge in [-0.3, -0.25) is 9.17 Å². The van der Waals surface area contributed by atoms with Crippen LogP contribution in [-0.2, 0) is 20.7 Å². The Labute approximate surface area is 84.1 Å². The molecule has 4 nitrogen and oxygen atoms in total. The maximum absolute atomic E-state index is 10.6. The van der Waals surface area contributed by atoms with Gasteiger partial charge in [0.2, 0.25) is 0 Å². The quantitative estimate of drug-likeness (QED) is 0.543. The second-order valence-electron chi connectivity index (χ2n) is 2.99. The first-order valence-corrected chi connectivity index (χ1v) is 6.13. The number of aryl methyl sites for hydroxylation is 1. The van der Waals surface area contributed by atoms with E-state index in [9.17, 15) is 8.42 Å². The van der Waals surface area contributed by atoms with Crippen molar-refractivity contribution in [1.82, 2.24) is 4.98 Å². The van der Waals surface area contributed by atoms with E-state index < -0.39 is 10.1 Å². The summed E-state index contributed by atoms with van der Waals surface area (Å²) in [6.45, 7) is 0.237. The van der Waals surface area contributed by atoms with Crippen LogP contribution in [0.2, 0.25) is 0 Å². The Bertz CT molecular complexity index is 361. The summed E-state index contributed by atoms with van der Waals surface area (Å²) >= 11 is 0. The molecule has 0 aliphatic rings. The van der Waals surface area contributed by atoms with Crippen molar-refractivity contribution in [3.8, 4) is 0 Å². The molecule has 78 valence electrons. The van der Waals surface area contributed by atoms with E-state index in [1.807, 2.05) is 12.1 Å². The molecule has 0 spiro atoms. The fourth-order valence-electron chi connectivity index (χ4n) is 1.04. The van der Waals surface area contributed by atoms with Crippen LogP contribution < -0.4 is 0 Å². The zero-order valence-corrected chi connectivity index (χ0v) is 8.83. The van der Waals surface area contributed by atoms with Crippen LogP contribution in [-0.4, -0.2) is 26.3 Å². The first kappa shape index (κ1) is 11.1. The number of nitrogens with zero attached hydrogens (tertiary/aromatic N) is 1. The summed E-state index contributed by atoms with van der Waals surface area (Å²) < 4.78 is 25.8. The highest BCUT2D eigenvalue weighted by atomic mass is 32.2. The topological polar surface area (TPSA) is 56.3 Å². The van der Waals surface area contributed by atoms with Gasteiger partial charge in [-0.1, -0.05) is 0 Å². The van der Waals surface area contributed by atoms with Gasteiger partial charge >= 0.3 is 0 Å². The third-order valence-electron chi connectivity index (χ3n) is 1.66. The Balaban J connectivity index is 2.23. The molecule has 5 heteroatoms. The number of pyridine rings is 1. The van der Waals surface area contributed by atoms with Gasteiger partial charge in [0.1, 0.15) is 0 Å². The van der Waals surface area contributed by atoms with Crippen molar-refractivity contribution in [1.29, 1.82) is 0 Å². The summed E-state index contributed by atoms with van der Waals surface area (Å²) in [5, 5.41) is 0. The molecule has 0 atom stereocenters. The van der Waals surface area contributed by atoms with Gasteiger partial charge in [0.25, 0.3) is 10.1 Å². The van der Waals surface area contributed by atoms with E-state index in [2.05, 4.69) is 9.17 Å². The van der Waals surface area contributed by atoms with E-state index in [4.69, 9.17) is 0 Å². The molecule has 0 unspecified atom stereocenters. The molecule has 0 saturated carbocycles. The minimum Gasteiger partial charge on any atom is -0.270 e. The van der Waals surface area contributed by atoms with Crippen LogP contribution >= 0.6 is 0 Å². The third-order valence-corrected chi connectivity index (χ3v) is 2.25. The molecule has 0 aliphatic carbocycles. The van der Waals surface area contributed by atoms with E-state index in [1.54, 1.807) is 12.4 Å². The van der Waals surface area contributed by atoms with Gasteiger partial charge in [0, 0.05) is 12.4 Å². The Kier molecular flexibility index (Phi) is 4.03. The predicted molar refractivity (Wildman–Crippen MR) is 53.4 cm³/mol. The average Bonchev–Trinajstić information content (AvgIpc) is 2.13. The molecule has 0 N–H and O–H groups in total. The molecule has 0 aliphatic heterocycles. The van der Waals surface area contributed by atoms with E-state index >= 15 is 0 Å². The van der Waals surface area contributed by atoms with Crippen LogP contribution in [0, 0.1) is 0 Å². The summed E-state index contributed by atoms with van der Waals surface area (Å²) in [4.78, 5) is 3.89. The van der Waals surface area contributed by atoms with Crippen LogP contribution in [0.4, 0.5) is 0 Å². The first-order chi connectivity index (χ1) is 6.58. The van der Waals surface area contributed by atoms with E-state index in [1.165, 1.54) is 0 Å². The van der Waals surface area contributed by atoms with Gasteiger partial charge in [-0.2, -0.15) is 8.42 Å². The van der Waals surface area contributed by atoms with Crippen LogP contribution in [0.5, 0.6) is 0 Å². The summed E-state index contributed by atoms with van der Waals surface area (Å²) in [5.74, 6) is 0. The maximum Gasteiger partial charge on any atom is 0.264 e. The summed E-state index contributed by atoms with van der Waals surface area (Å²) in [6.07, 6.45) is 5.98. The molecule has 0 bridgehead atoms. The zero-order chi connectivity index (χ0) is 10.4. The Morgan fingerprint density at radius 1 is 1.36 bits per heavy atom. The SMILES string of the molecule is CS(=O)(=O)OCCCc1ccncc1. The lowest BCUT2D eigenvalue weighted by Gasteiger charge is -2.01. The third kappa shape index (κ3) is 4.94. The highest BCUT2D eigenvalue weighted by Gasteiger charge is 2.00. The second kappa shape index (κ2) is 5.07. The number of hydrogen-bond donors (Lipinski definition) is 0. The van der Waals surface area contributed by atoms with Gasteiger partial charge in [-0.15, -0.1) is 0 Å².